The molecular formula is C13H16O2. The molecule has 0 bridgehead atoms. The molecule has 2 aliphatic rings. The van der Waals surface area contributed by atoms with E-state index in [2.05, 4.69) is 6.08 Å². The van der Waals surface area contributed by atoms with Gasteiger partial charge in [-0.2, -0.15) is 0 Å². The molecule has 2 rings (SSSR count). The smallest absolute Gasteiger partial charge is 0.337 e. The molecule has 0 atom stereocenters. The third-order valence-corrected chi connectivity index (χ3v) is 3.08. The molecule has 15 heavy (non-hydrogen) atoms. The summed E-state index contributed by atoms with van der Waals surface area (Å²) in [5, 5.41) is 0. The lowest BCUT2D eigenvalue weighted by Gasteiger charge is -2.15. The number of hydrogen-bond acceptors (Lipinski definition) is 2. The molecule has 0 aromatic carbocycles. The monoisotopic (exact) mass is 204 g/mol. The van der Waals surface area contributed by atoms with Crippen LogP contribution in [0.25, 0.3) is 0 Å². The van der Waals surface area contributed by atoms with Crippen molar-refractivity contribution in [3.63, 3.8) is 0 Å². The second-order valence-electron chi connectivity index (χ2n) is 4.02. The van der Waals surface area contributed by atoms with E-state index in [1.165, 1.54) is 37.5 Å². The van der Waals surface area contributed by atoms with Crippen LogP contribution in [0.3, 0.4) is 0 Å². The van der Waals surface area contributed by atoms with E-state index < -0.39 is 0 Å². The normalized spacial score (nSPS) is 20.5. The average Bonchev–Trinajstić information content (AvgIpc) is 2.50. The zero-order chi connectivity index (χ0) is 10.7. The lowest BCUT2D eigenvalue weighted by molar-refractivity contribution is -0.135. The van der Waals surface area contributed by atoms with E-state index in [0.29, 0.717) is 5.57 Å². The molecule has 2 aliphatic carbocycles. The summed E-state index contributed by atoms with van der Waals surface area (Å²) in [4.78, 5) is 11.4. The highest BCUT2D eigenvalue weighted by Gasteiger charge is 2.14. The number of carbonyl (C=O) groups is 1. The van der Waals surface area contributed by atoms with E-state index in [9.17, 15) is 4.79 Å². The Labute approximate surface area is 90.3 Å². The standard InChI is InChI=1S/C13H16O2/c1-15-13(14)12-8-6-10-4-2-3-5-11(10)7-9-12/h6,8-9H,2-5,7H2,1H3. The van der Waals surface area contributed by atoms with E-state index in [1.54, 1.807) is 0 Å². The van der Waals surface area contributed by atoms with Crippen LogP contribution in [0, 0.1) is 0 Å². The van der Waals surface area contributed by atoms with E-state index in [-0.39, 0.29) is 5.97 Å². The van der Waals surface area contributed by atoms with Crippen LogP contribution in [0.15, 0.2) is 34.9 Å². The first-order chi connectivity index (χ1) is 7.31. The molecule has 0 heterocycles. The lowest BCUT2D eigenvalue weighted by Crippen LogP contribution is -2.02. The maximum Gasteiger partial charge on any atom is 0.337 e. The summed E-state index contributed by atoms with van der Waals surface area (Å²) in [6.07, 6.45) is 11.8. The van der Waals surface area contributed by atoms with Crippen LogP contribution in [0.5, 0.6) is 0 Å². The third-order valence-electron chi connectivity index (χ3n) is 3.08. The van der Waals surface area contributed by atoms with Gasteiger partial charge in [-0.3, -0.25) is 0 Å². The van der Waals surface area contributed by atoms with Crippen LogP contribution in [-0.4, -0.2) is 13.1 Å². The highest BCUT2D eigenvalue weighted by atomic mass is 16.5. The first kappa shape index (κ1) is 10.2. The Bertz CT molecular complexity index is 359. The predicted molar refractivity (Wildman–Crippen MR) is 59.4 cm³/mol. The van der Waals surface area contributed by atoms with Crippen LogP contribution in [0.2, 0.25) is 0 Å². The lowest BCUT2D eigenvalue weighted by atomic mass is 9.90. The largest absolute Gasteiger partial charge is 0.465 e. The zero-order valence-electron chi connectivity index (χ0n) is 9.08. The fraction of sp³-hybridized carbons (Fsp3) is 0.462. The topological polar surface area (TPSA) is 26.3 Å². The SMILES string of the molecule is COC(=O)C1=CCC2=C(C=C1)CCCC2. The molecule has 0 saturated carbocycles. The molecule has 0 aliphatic heterocycles. The van der Waals surface area contributed by atoms with Gasteiger partial charge in [-0.25, -0.2) is 4.79 Å². The predicted octanol–water partition coefficient (Wildman–Crippen LogP) is 2.92. The molecule has 0 radical (unpaired) electrons. The number of ether oxygens (including phenoxy) is 1. The molecule has 2 heteroatoms. The Hall–Kier alpha value is -1.31. The Morgan fingerprint density at radius 1 is 1.27 bits per heavy atom. The van der Waals surface area contributed by atoms with Gasteiger partial charge >= 0.3 is 5.97 Å². The first-order valence-corrected chi connectivity index (χ1v) is 5.48. The number of rotatable bonds is 1. The van der Waals surface area contributed by atoms with Gasteiger partial charge in [-0.15, -0.1) is 0 Å². The number of carbonyl (C=O) groups excluding carboxylic acids is 1. The molecule has 0 aromatic rings. The molecule has 0 N–H and O–H groups in total. The maximum absolute atomic E-state index is 11.4. The van der Waals surface area contributed by atoms with Gasteiger partial charge in [0.25, 0.3) is 0 Å². The molecule has 2 nitrogen and oxygen atoms in total. The van der Waals surface area contributed by atoms with Crippen molar-refractivity contribution in [1.29, 1.82) is 0 Å². The van der Waals surface area contributed by atoms with Gasteiger partial charge in [0, 0.05) is 0 Å². The molecule has 0 amide bonds. The van der Waals surface area contributed by atoms with Gasteiger partial charge in [0.05, 0.1) is 12.7 Å². The van der Waals surface area contributed by atoms with Crippen molar-refractivity contribution in [2.45, 2.75) is 32.1 Å². The van der Waals surface area contributed by atoms with Crippen LogP contribution >= 0.6 is 0 Å². The van der Waals surface area contributed by atoms with Crippen LogP contribution in [-0.2, 0) is 9.53 Å². The van der Waals surface area contributed by atoms with Crippen LogP contribution in [0.1, 0.15) is 32.1 Å². The Kier molecular flexibility index (Phi) is 3.05. The average molecular weight is 204 g/mol. The van der Waals surface area contributed by atoms with Gasteiger partial charge in [0.1, 0.15) is 0 Å². The van der Waals surface area contributed by atoms with Gasteiger partial charge in [-0.1, -0.05) is 17.7 Å². The highest BCUT2D eigenvalue weighted by molar-refractivity contribution is 5.91. The van der Waals surface area contributed by atoms with Crippen LogP contribution < -0.4 is 0 Å². The summed E-state index contributed by atoms with van der Waals surface area (Å²) in [5.74, 6) is -0.230. The van der Waals surface area contributed by atoms with Crippen molar-refractivity contribution in [3.05, 3.63) is 34.9 Å². The van der Waals surface area contributed by atoms with Crippen LogP contribution in [0.4, 0.5) is 0 Å². The summed E-state index contributed by atoms with van der Waals surface area (Å²) in [6, 6.07) is 0. The van der Waals surface area contributed by atoms with E-state index >= 15 is 0 Å². The summed E-state index contributed by atoms with van der Waals surface area (Å²) >= 11 is 0. The molecule has 0 aromatic heterocycles. The maximum atomic E-state index is 11.4. The Morgan fingerprint density at radius 2 is 2.07 bits per heavy atom. The molecule has 0 spiro atoms. The van der Waals surface area contributed by atoms with Crippen molar-refractivity contribution >= 4 is 5.97 Å². The van der Waals surface area contributed by atoms with Gasteiger partial charge in [0.2, 0.25) is 0 Å². The molecular weight excluding hydrogens is 188 g/mol. The molecule has 80 valence electrons. The van der Waals surface area contributed by atoms with Crippen molar-refractivity contribution in [3.8, 4) is 0 Å². The van der Waals surface area contributed by atoms with E-state index in [1.807, 2.05) is 12.2 Å². The number of methoxy groups -OCH3 is 1. The van der Waals surface area contributed by atoms with Crippen molar-refractivity contribution in [1.82, 2.24) is 0 Å². The minimum atomic E-state index is -0.230. The molecule has 0 saturated heterocycles. The number of hydrogen-bond donors (Lipinski definition) is 0. The van der Waals surface area contributed by atoms with Gasteiger partial charge in [-0.05, 0) is 43.8 Å². The van der Waals surface area contributed by atoms with E-state index in [4.69, 9.17) is 4.74 Å². The minimum Gasteiger partial charge on any atom is -0.465 e. The summed E-state index contributed by atoms with van der Waals surface area (Å²) in [6.45, 7) is 0. The van der Waals surface area contributed by atoms with E-state index in [0.717, 1.165) is 12.8 Å². The van der Waals surface area contributed by atoms with Crippen molar-refractivity contribution in [2.75, 3.05) is 7.11 Å². The quantitative estimate of drug-likeness (QED) is 0.614. The highest BCUT2D eigenvalue weighted by Crippen LogP contribution is 2.30. The fourth-order valence-electron chi connectivity index (χ4n) is 2.19. The minimum absolute atomic E-state index is 0.230. The number of esters is 1. The second-order valence-corrected chi connectivity index (χ2v) is 4.02. The Balaban J connectivity index is 2.19. The summed E-state index contributed by atoms with van der Waals surface area (Å²) < 4.78 is 4.72. The Morgan fingerprint density at radius 3 is 2.87 bits per heavy atom. The van der Waals surface area contributed by atoms with Gasteiger partial charge in [0.15, 0.2) is 0 Å². The zero-order valence-corrected chi connectivity index (χ0v) is 9.08. The molecule has 0 fully saturated rings. The van der Waals surface area contributed by atoms with Gasteiger partial charge < -0.3 is 4.74 Å². The fourth-order valence-corrected chi connectivity index (χ4v) is 2.19. The summed E-state index contributed by atoms with van der Waals surface area (Å²) in [7, 11) is 1.43. The second kappa shape index (κ2) is 4.47. The first-order valence-electron chi connectivity index (χ1n) is 5.48. The van der Waals surface area contributed by atoms with Crippen molar-refractivity contribution in [2.24, 2.45) is 0 Å². The third kappa shape index (κ3) is 2.20. The number of allylic oxidation sites excluding steroid dienone is 4. The van der Waals surface area contributed by atoms with Crippen molar-refractivity contribution < 1.29 is 9.53 Å². The molecule has 0 unspecified atom stereocenters. The summed E-state index contributed by atoms with van der Waals surface area (Å²) in [5.41, 5.74) is 3.61.